The van der Waals surface area contributed by atoms with Crippen molar-refractivity contribution in [2.24, 2.45) is 0 Å². The van der Waals surface area contributed by atoms with E-state index in [9.17, 15) is 0 Å². The molecule has 0 amide bonds. The second-order valence-electron chi connectivity index (χ2n) is 4.78. The fourth-order valence-electron chi connectivity index (χ4n) is 2.63. The second-order valence-corrected chi connectivity index (χ2v) is 4.78. The van der Waals surface area contributed by atoms with Crippen LogP contribution in [-0.4, -0.2) is 37.6 Å². The lowest BCUT2D eigenvalue weighted by Crippen LogP contribution is -2.40. The van der Waals surface area contributed by atoms with Gasteiger partial charge in [0.2, 0.25) is 0 Å². The quantitative estimate of drug-likeness (QED) is 0.653. The molecule has 0 aromatic rings. The number of nitrogens with zero attached hydrogens (tertiary/aromatic N) is 1. The highest BCUT2D eigenvalue weighted by molar-refractivity contribution is 4.76. The molecule has 0 aromatic carbocycles. The van der Waals surface area contributed by atoms with Crippen LogP contribution in [0.15, 0.2) is 0 Å². The summed E-state index contributed by atoms with van der Waals surface area (Å²) in [7, 11) is 2.04. The van der Waals surface area contributed by atoms with Gasteiger partial charge in [0, 0.05) is 6.04 Å². The van der Waals surface area contributed by atoms with Gasteiger partial charge in [-0.1, -0.05) is 19.8 Å². The normalized spacial score (nSPS) is 23.2. The van der Waals surface area contributed by atoms with Crippen molar-refractivity contribution >= 4 is 0 Å². The van der Waals surface area contributed by atoms with Gasteiger partial charge in [0.15, 0.2) is 0 Å². The van der Waals surface area contributed by atoms with Crippen LogP contribution in [-0.2, 0) is 0 Å². The summed E-state index contributed by atoms with van der Waals surface area (Å²) in [5.74, 6) is 0. The summed E-state index contributed by atoms with van der Waals surface area (Å²) >= 11 is 0. The average molecular weight is 212 g/mol. The van der Waals surface area contributed by atoms with Crippen molar-refractivity contribution in [2.45, 2.75) is 57.9 Å². The third-order valence-corrected chi connectivity index (χ3v) is 3.49. The van der Waals surface area contributed by atoms with Gasteiger partial charge in [0.25, 0.3) is 0 Å². The molecular weight excluding hydrogens is 184 g/mol. The van der Waals surface area contributed by atoms with Gasteiger partial charge in [0.1, 0.15) is 0 Å². The lowest BCUT2D eigenvalue weighted by Gasteiger charge is -2.35. The Bertz CT molecular complexity index is 145. The van der Waals surface area contributed by atoms with Gasteiger partial charge >= 0.3 is 0 Å². The Labute approximate surface area is 95.4 Å². The average Bonchev–Trinajstić information content (AvgIpc) is 2.27. The van der Waals surface area contributed by atoms with E-state index in [2.05, 4.69) is 17.1 Å². The van der Waals surface area contributed by atoms with Crippen LogP contribution in [0.4, 0.5) is 0 Å². The lowest BCUT2D eigenvalue weighted by molar-refractivity contribution is 0.137. The first-order valence-corrected chi connectivity index (χ1v) is 6.77. The molecule has 0 aliphatic carbocycles. The Morgan fingerprint density at radius 3 is 2.87 bits per heavy atom. The van der Waals surface area contributed by atoms with Crippen molar-refractivity contribution in [3.05, 3.63) is 0 Å². The predicted octanol–water partition coefficient (Wildman–Crippen LogP) is 2.64. The fourth-order valence-corrected chi connectivity index (χ4v) is 2.63. The van der Waals surface area contributed by atoms with Crippen molar-refractivity contribution in [1.82, 2.24) is 10.2 Å². The molecule has 1 atom stereocenters. The maximum Gasteiger partial charge on any atom is 0.00951 e. The van der Waals surface area contributed by atoms with Crippen LogP contribution in [0.1, 0.15) is 51.9 Å². The Morgan fingerprint density at radius 1 is 1.27 bits per heavy atom. The van der Waals surface area contributed by atoms with E-state index in [0.29, 0.717) is 0 Å². The second kappa shape index (κ2) is 8.12. The largest absolute Gasteiger partial charge is 0.320 e. The number of hydrogen-bond acceptors (Lipinski definition) is 2. The highest BCUT2D eigenvalue weighted by atomic mass is 15.2. The van der Waals surface area contributed by atoms with Crippen LogP contribution in [0, 0.1) is 0 Å². The summed E-state index contributed by atoms with van der Waals surface area (Å²) < 4.78 is 0. The minimum absolute atomic E-state index is 0.901. The smallest absolute Gasteiger partial charge is 0.00951 e. The fraction of sp³-hybridized carbons (Fsp3) is 1.00. The van der Waals surface area contributed by atoms with Crippen molar-refractivity contribution in [3.63, 3.8) is 0 Å². The summed E-state index contributed by atoms with van der Waals surface area (Å²) in [4.78, 5) is 2.74. The highest BCUT2D eigenvalue weighted by Gasteiger charge is 2.20. The van der Waals surface area contributed by atoms with Gasteiger partial charge in [-0.3, -0.25) is 0 Å². The number of unbranched alkanes of at least 4 members (excludes halogenated alkanes) is 1. The molecule has 90 valence electrons. The van der Waals surface area contributed by atoms with Crippen LogP contribution < -0.4 is 5.32 Å². The molecule has 15 heavy (non-hydrogen) atoms. The Balaban J connectivity index is 2.17. The molecule has 2 heteroatoms. The van der Waals surface area contributed by atoms with E-state index in [1.54, 1.807) is 0 Å². The van der Waals surface area contributed by atoms with Crippen molar-refractivity contribution in [3.8, 4) is 0 Å². The SMILES string of the molecule is CCCC1CCCCN1CCCCNC. The molecule has 0 bridgehead atoms. The van der Waals surface area contributed by atoms with Crippen LogP contribution in [0.3, 0.4) is 0 Å². The Hall–Kier alpha value is -0.0800. The van der Waals surface area contributed by atoms with Crippen LogP contribution in [0.2, 0.25) is 0 Å². The summed E-state index contributed by atoms with van der Waals surface area (Å²) in [6, 6.07) is 0.901. The summed E-state index contributed by atoms with van der Waals surface area (Å²) in [6.45, 7) is 6.16. The first kappa shape index (κ1) is 13.0. The van der Waals surface area contributed by atoms with E-state index < -0.39 is 0 Å². The minimum atomic E-state index is 0.901. The van der Waals surface area contributed by atoms with E-state index in [-0.39, 0.29) is 0 Å². The molecule has 1 aliphatic heterocycles. The van der Waals surface area contributed by atoms with E-state index in [1.165, 1.54) is 64.6 Å². The zero-order valence-corrected chi connectivity index (χ0v) is 10.6. The third-order valence-electron chi connectivity index (χ3n) is 3.49. The maximum atomic E-state index is 3.22. The molecule has 1 rings (SSSR count). The first-order chi connectivity index (χ1) is 7.38. The highest BCUT2D eigenvalue weighted by Crippen LogP contribution is 2.20. The lowest BCUT2D eigenvalue weighted by atomic mass is 9.98. The first-order valence-electron chi connectivity index (χ1n) is 6.77. The van der Waals surface area contributed by atoms with Gasteiger partial charge in [-0.2, -0.15) is 0 Å². The van der Waals surface area contributed by atoms with E-state index in [0.717, 1.165) is 6.04 Å². The van der Waals surface area contributed by atoms with Gasteiger partial charge in [-0.05, 0) is 58.8 Å². The molecule has 2 nitrogen and oxygen atoms in total. The maximum absolute atomic E-state index is 3.22. The molecule has 0 aromatic heterocycles. The molecule has 1 N–H and O–H groups in total. The van der Waals surface area contributed by atoms with E-state index in [1.807, 2.05) is 7.05 Å². The number of rotatable bonds is 7. The number of piperidine rings is 1. The number of likely N-dealkylation sites (tertiary alicyclic amines) is 1. The van der Waals surface area contributed by atoms with Crippen LogP contribution in [0.5, 0.6) is 0 Å². The predicted molar refractivity (Wildman–Crippen MR) is 67.3 cm³/mol. The molecule has 0 spiro atoms. The van der Waals surface area contributed by atoms with Crippen molar-refractivity contribution in [1.29, 1.82) is 0 Å². The number of hydrogen-bond donors (Lipinski definition) is 1. The molecule has 1 aliphatic rings. The number of nitrogens with one attached hydrogen (secondary N) is 1. The zero-order valence-electron chi connectivity index (χ0n) is 10.6. The standard InChI is InChI=1S/C13H28N2/c1-3-8-13-9-4-6-11-15(13)12-7-5-10-14-2/h13-14H,3-12H2,1-2H3. The molecule has 1 unspecified atom stereocenters. The van der Waals surface area contributed by atoms with E-state index >= 15 is 0 Å². The third kappa shape index (κ3) is 4.98. The van der Waals surface area contributed by atoms with Gasteiger partial charge in [-0.15, -0.1) is 0 Å². The zero-order chi connectivity index (χ0) is 10.9. The molecular formula is C13H28N2. The van der Waals surface area contributed by atoms with Crippen LogP contribution >= 0.6 is 0 Å². The summed E-state index contributed by atoms with van der Waals surface area (Å²) in [6.07, 6.45) is 9.76. The van der Waals surface area contributed by atoms with Crippen molar-refractivity contribution < 1.29 is 0 Å². The summed E-state index contributed by atoms with van der Waals surface area (Å²) in [5.41, 5.74) is 0. The van der Waals surface area contributed by atoms with Gasteiger partial charge in [-0.25, -0.2) is 0 Å². The van der Waals surface area contributed by atoms with Crippen molar-refractivity contribution in [2.75, 3.05) is 26.7 Å². The Morgan fingerprint density at radius 2 is 2.13 bits per heavy atom. The van der Waals surface area contributed by atoms with Gasteiger partial charge in [0.05, 0.1) is 0 Å². The minimum Gasteiger partial charge on any atom is -0.320 e. The Kier molecular flexibility index (Phi) is 7.03. The molecule has 1 fully saturated rings. The molecule has 0 radical (unpaired) electrons. The van der Waals surface area contributed by atoms with E-state index in [4.69, 9.17) is 0 Å². The molecule has 1 heterocycles. The summed E-state index contributed by atoms with van der Waals surface area (Å²) in [5, 5.41) is 3.22. The van der Waals surface area contributed by atoms with Gasteiger partial charge < -0.3 is 10.2 Å². The monoisotopic (exact) mass is 212 g/mol. The topological polar surface area (TPSA) is 15.3 Å². The van der Waals surface area contributed by atoms with Crippen LogP contribution in [0.25, 0.3) is 0 Å². The molecule has 0 saturated carbocycles. The molecule has 1 saturated heterocycles.